The first-order valence-corrected chi connectivity index (χ1v) is 20.2. The molecule has 0 aliphatic rings. The van der Waals surface area contributed by atoms with Crippen LogP contribution in [0.5, 0.6) is 0 Å². The number of nitrogens with zero attached hydrogens (tertiary/aromatic N) is 1. The topological polar surface area (TPSA) is 35.5 Å². The second kappa shape index (κ2) is 31.0. The third kappa shape index (κ3) is 22.0. The lowest BCUT2D eigenvalue weighted by atomic mass is 10.0. The second-order valence-electron chi connectivity index (χ2n) is 13.9. The standard InChI is InChI=1S/C40H82NO3/c1-7-12-14-16-18-20-22-24-26-28-30-32-34-36-38-41(9-3,10-4)40(6,43-11-5)44-39(42)37-35-33-31-29-27-25-23-21-19-17-15-13-8-2/h7-38H2,1-6H3/q+1. The number of unbranched alkanes of at least 4 members (excludes halogenated alkanes) is 25. The molecule has 0 aromatic rings. The summed E-state index contributed by atoms with van der Waals surface area (Å²) in [5, 5.41) is 0. The summed E-state index contributed by atoms with van der Waals surface area (Å²) in [5.41, 5.74) is 0. The minimum absolute atomic E-state index is 0.0885. The number of hydrogen-bond donors (Lipinski definition) is 0. The molecular weight excluding hydrogens is 542 g/mol. The lowest BCUT2D eigenvalue weighted by Gasteiger charge is -2.48. The summed E-state index contributed by atoms with van der Waals surface area (Å²) < 4.78 is 13.2. The highest BCUT2D eigenvalue weighted by Crippen LogP contribution is 2.30. The molecule has 0 heterocycles. The molecule has 0 N–H and O–H groups in total. The van der Waals surface area contributed by atoms with Crippen LogP contribution in [0.4, 0.5) is 0 Å². The van der Waals surface area contributed by atoms with E-state index in [1.165, 1.54) is 161 Å². The largest absolute Gasteiger partial charge is 0.384 e. The van der Waals surface area contributed by atoms with Crippen LogP contribution in [0, 0.1) is 0 Å². The van der Waals surface area contributed by atoms with Gasteiger partial charge in [-0.1, -0.05) is 168 Å². The molecule has 0 saturated carbocycles. The van der Waals surface area contributed by atoms with Gasteiger partial charge in [0, 0.05) is 6.42 Å². The van der Waals surface area contributed by atoms with Crippen LogP contribution in [0.3, 0.4) is 0 Å². The van der Waals surface area contributed by atoms with Gasteiger partial charge in [-0.05, 0) is 40.0 Å². The number of quaternary nitrogens is 1. The minimum Gasteiger partial charge on any atom is -0.384 e. The molecule has 0 saturated heterocycles. The van der Waals surface area contributed by atoms with E-state index in [4.69, 9.17) is 9.47 Å². The van der Waals surface area contributed by atoms with Crippen molar-refractivity contribution in [3.63, 3.8) is 0 Å². The molecule has 4 heteroatoms. The molecule has 0 amide bonds. The molecule has 0 aliphatic carbocycles. The maximum absolute atomic E-state index is 13.0. The van der Waals surface area contributed by atoms with Crippen molar-refractivity contribution >= 4 is 5.97 Å². The Morgan fingerprint density at radius 1 is 0.477 bits per heavy atom. The van der Waals surface area contributed by atoms with Gasteiger partial charge in [0.15, 0.2) is 0 Å². The maximum atomic E-state index is 13.0. The van der Waals surface area contributed by atoms with Gasteiger partial charge in [0.1, 0.15) is 0 Å². The lowest BCUT2D eigenvalue weighted by molar-refractivity contribution is -1.02. The van der Waals surface area contributed by atoms with Crippen LogP contribution in [0.25, 0.3) is 0 Å². The summed E-state index contributed by atoms with van der Waals surface area (Å²) in [7, 11) is 0. The highest BCUT2D eigenvalue weighted by atomic mass is 16.7. The molecule has 0 aromatic heterocycles. The van der Waals surface area contributed by atoms with Crippen LogP contribution in [-0.2, 0) is 14.3 Å². The number of hydrogen-bond acceptors (Lipinski definition) is 3. The van der Waals surface area contributed by atoms with Crippen molar-refractivity contribution in [3.8, 4) is 0 Å². The number of rotatable bonds is 35. The predicted octanol–water partition coefficient (Wildman–Crippen LogP) is 13.1. The average molecular weight is 625 g/mol. The van der Waals surface area contributed by atoms with Crippen LogP contribution in [-0.4, -0.2) is 42.6 Å². The van der Waals surface area contributed by atoms with E-state index >= 15 is 0 Å². The van der Waals surface area contributed by atoms with Crippen molar-refractivity contribution in [2.24, 2.45) is 0 Å². The molecule has 44 heavy (non-hydrogen) atoms. The van der Waals surface area contributed by atoms with Crippen LogP contribution in [0.15, 0.2) is 0 Å². The molecular formula is C40H82NO3+. The van der Waals surface area contributed by atoms with Crippen molar-refractivity contribution in [2.45, 2.75) is 227 Å². The zero-order chi connectivity index (χ0) is 32.6. The van der Waals surface area contributed by atoms with E-state index in [1.54, 1.807) is 0 Å². The van der Waals surface area contributed by atoms with E-state index in [9.17, 15) is 4.79 Å². The monoisotopic (exact) mass is 625 g/mol. The van der Waals surface area contributed by atoms with Crippen LogP contribution in [0.2, 0.25) is 0 Å². The van der Waals surface area contributed by atoms with E-state index in [2.05, 4.69) is 27.7 Å². The van der Waals surface area contributed by atoms with Crippen LogP contribution in [0.1, 0.15) is 221 Å². The summed E-state index contributed by atoms with van der Waals surface area (Å²) in [5.74, 6) is -0.989. The first-order chi connectivity index (χ1) is 21.4. The van der Waals surface area contributed by atoms with E-state index in [0.29, 0.717) is 17.5 Å². The summed E-state index contributed by atoms with van der Waals surface area (Å²) in [6.45, 7) is 16.5. The minimum atomic E-state index is -0.900. The first kappa shape index (κ1) is 43.4. The first-order valence-electron chi connectivity index (χ1n) is 20.2. The van der Waals surface area contributed by atoms with Gasteiger partial charge in [-0.25, -0.2) is 0 Å². The number of ether oxygens (including phenoxy) is 2. The Labute approximate surface area is 277 Å². The summed E-state index contributed by atoms with van der Waals surface area (Å²) in [4.78, 5) is 13.0. The molecule has 0 spiro atoms. The fraction of sp³-hybridized carbons (Fsp3) is 0.975. The lowest BCUT2D eigenvalue weighted by Crippen LogP contribution is -2.66. The van der Waals surface area contributed by atoms with Gasteiger partial charge in [0.25, 0.3) is 0 Å². The molecule has 1 unspecified atom stereocenters. The van der Waals surface area contributed by atoms with E-state index in [1.807, 2.05) is 13.8 Å². The Morgan fingerprint density at radius 2 is 0.795 bits per heavy atom. The molecule has 0 rings (SSSR count). The Hall–Kier alpha value is -0.610. The number of carbonyl (C=O) groups excluding carboxylic acids is 1. The highest BCUT2D eigenvalue weighted by molar-refractivity contribution is 5.69. The van der Waals surface area contributed by atoms with Gasteiger partial charge < -0.3 is 4.74 Å². The average Bonchev–Trinajstić information content (AvgIpc) is 3.01. The third-order valence-corrected chi connectivity index (χ3v) is 10.2. The van der Waals surface area contributed by atoms with Crippen LogP contribution >= 0.6 is 0 Å². The molecule has 0 aliphatic heterocycles. The Kier molecular flexibility index (Phi) is 30.6. The van der Waals surface area contributed by atoms with Gasteiger partial charge in [-0.2, -0.15) is 0 Å². The van der Waals surface area contributed by atoms with Gasteiger partial charge in [-0.15, -0.1) is 0 Å². The van der Waals surface area contributed by atoms with Crippen molar-refractivity contribution in [1.29, 1.82) is 0 Å². The predicted molar refractivity (Wildman–Crippen MR) is 193 cm³/mol. The molecule has 0 radical (unpaired) electrons. The SMILES string of the molecule is CCCCCCCCCCCCCCCC[N+](CC)(CC)C(C)(OCC)OC(=O)CCCCCCCCCCCCCCC. The van der Waals surface area contributed by atoms with Gasteiger partial charge >= 0.3 is 11.9 Å². The van der Waals surface area contributed by atoms with Gasteiger partial charge in [0.05, 0.1) is 33.2 Å². The van der Waals surface area contributed by atoms with E-state index in [-0.39, 0.29) is 5.97 Å². The smallest absolute Gasteiger partial charge is 0.360 e. The van der Waals surface area contributed by atoms with Gasteiger partial charge in [0.2, 0.25) is 0 Å². The zero-order valence-corrected chi connectivity index (χ0v) is 31.3. The van der Waals surface area contributed by atoms with E-state index in [0.717, 1.165) is 32.5 Å². The highest BCUT2D eigenvalue weighted by Gasteiger charge is 2.49. The summed E-state index contributed by atoms with van der Waals surface area (Å²) in [6, 6.07) is 0. The van der Waals surface area contributed by atoms with Crippen molar-refractivity contribution in [3.05, 3.63) is 0 Å². The Bertz CT molecular complexity index is 605. The molecule has 264 valence electrons. The molecule has 0 fully saturated rings. The van der Waals surface area contributed by atoms with Crippen molar-refractivity contribution in [1.82, 2.24) is 0 Å². The third-order valence-electron chi connectivity index (χ3n) is 10.2. The molecule has 0 bridgehead atoms. The molecule has 0 aromatic carbocycles. The fourth-order valence-corrected chi connectivity index (χ4v) is 7.01. The summed E-state index contributed by atoms with van der Waals surface area (Å²) >= 11 is 0. The van der Waals surface area contributed by atoms with Crippen molar-refractivity contribution in [2.75, 3.05) is 26.2 Å². The molecule has 4 nitrogen and oxygen atoms in total. The van der Waals surface area contributed by atoms with Crippen LogP contribution < -0.4 is 0 Å². The quantitative estimate of drug-likeness (QED) is 0.0304. The number of esters is 1. The maximum Gasteiger partial charge on any atom is 0.360 e. The zero-order valence-electron chi connectivity index (χ0n) is 31.3. The van der Waals surface area contributed by atoms with E-state index < -0.39 is 5.91 Å². The Morgan fingerprint density at radius 3 is 1.11 bits per heavy atom. The van der Waals surface area contributed by atoms with Crippen molar-refractivity contribution < 1.29 is 18.8 Å². The summed E-state index contributed by atoms with van der Waals surface area (Å²) in [6.07, 6.45) is 36.8. The molecule has 1 atom stereocenters. The fourth-order valence-electron chi connectivity index (χ4n) is 7.01. The number of carbonyl (C=O) groups is 1. The Balaban J connectivity index is 4.23. The normalized spacial score (nSPS) is 13.3. The second-order valence-corrected chi connectivity index (χ2v) is 13.9. The van der Waals surface area contributed by atoms with Gasteiger partial charge in [-0.3, -0.25) is 14.0 Å².